The van der Waals surface area contributed by atoms with Gasteiger partial charge < -0.3 is 62.8 Å². The van der Waals surface area contributed by atoms with Gasteiger partial charge in [0.1, 0.15) is 36.5 Å². The summed E-state index contributed by atoms with van der Waals surface area (Å²) in [6.07, 6.45) is 19.3. The second kappa shape index (κ2) is 35.2. The standard InChI is InChI=1S/C21H27ClN5O2P.C18H25ClN5OP.C12H12Cl2N3OP.C6H14N2.C3H3ClO/c1-4-19(28)24-14-8-7-9-15(12-14)25-21-23-13-16(22)20(27-21)26-17-10-5-6-11-18(17)30(2,3)29;1-26(2,25)16-9-4-3-8-15(16)23-17-14(19)11-21-18(24-17)22-13-7-5-6-12(20)10-13;1-19(2,18)10-6-4-3-5-9(10)16-11-8(13)7-15-12(14)17-11;7-5-2-1-3-6(8)4-5;1-2-3(4)5/h4-6,10-11,13-15H,1,7-9,12H2,2-3H3,(H,24,28)(H2,23,25,26,27);3-4,8-9,11-13H,5-7,10,20H2,1-2H3,(H2,21,22,23,24);3-7H,1-2H3,(H,15,16,17);5-6H,1-4,7-8H2;2H,1H2. The molecule has 6 aromatic rings. The first kappa shape index (κ1) is 73.3. The fraction of sp³-hybridized carbons (Fsp3) is 0.400. The van der Waals surface area contributed by atoms with Crippen LogP contribution in [-0.2, 0) is 23.3 Å². The number of allylic oxidation sites excluding steroid dienone is 1. The van der Waals surface area contributed by atoms with Gasteiger partial charge in [-0.05, 0) is 182 Å². The van der Waals surface area contributed by atoms with E-state index in [2.05, 4.69) is 75.0 Å². The Morgan fingerprint density at radius 3 is 1.20 bits per heavy atom. The molecule has 476 valence electrons. The van der Waals surface area contributed by atoms with Crippen LogP contribution in [0.5, 0.6) is 0 Å². The number of nitrogens with two attached hydrogens (primary N) is 3. The molecule has 0 aliphatic heterocycles. The van der Waals surface area contributed by atoms with Crippen LogP contribution in [-0.4, -0.2) is 117 Å². The zero-order chi connectivity index (χ0) is 64.8. The second-order valence-corrected chi connectivity index (χ2v) is 34.0. The van der Waals surface area contributed by atoms with Gasteiger partial charge >= 0.3 is 0 Å². The highest BCUT2D eigenvalue weighted by Crippen LogP contribution is 2.41. The van der Waals surface area contributed by atoms with Crippen molar-refractivity contribution in [3.8, 4) is 0 Å². The highest BCUT2D eigenvalue weighted by atomic mass is 35.5. The molecule has 88 heavy (non-hydrogen) atoms. The van der Waals surface area contributed by atoms with Crippen LogP contribution < -0.4 is 65.0 Å². The molecule has 3 heterocycles. The number of carbonyl (C=O) groups is 2. The van der Waals surface area contributed by atoms with Crippen LogP contribution in [0.15, 0.2) is 117 Å². The molecule has 20 nitrogen and oxygen atoms in total. The van der Waals surface area contributed by atoms with Crippen LogP contribution in [0.2, 0.25) is 20.4 Å². The molecule has 3 aliphatic rings. The van der Waals surface area contributed by atoms with Crippen LogP contribution in [0.4, 0.5) is 46.4 Å². The number of hydrogen-bond acceptors (Lipinski definition) is 19. The van der Waals surface area contributed by atoms with Crippen molar-refractivity contribution < 1.29 is 23.3 Å². The average Bonchev–Trinajstić information content (AvgIpc) is 2.63. The Morgan fingerprint density at radius 2 is 0.841 bits per heavy atom. The van der Waals surface area contributed by atoms with Crippen molar-refractivity contribution in [3.05, 3.63) is 137 Å². The third kappa shape index (κ3) is 25.1. The monoisotopic (exact) mass is 1360 g/mol. The van der Waals surface area contributed by atoms with Gasteiger partial charge in [-0.25, -0.2) is 15.0 Å². The Morgan fingerprint density at radius 1 is 0.500 bits per heavy atom. The van der Waals surface area contributed by atoms with Crippen LogP contribution in [0.25, 0.3) is 0 Å². The van der Waals surface area contributed by atoms with Gasteiger partial charge in [-0.1, -0.05) is 90.8 Å². The van der Waals surface area contributed by atoms with Gasteiger partial charge in [-0.2, -0.15) is 15.0 Å². The van der Waals surface area contributed by atoms with Gasteiger partial charge in [-0.15, -0.1) is 0 Å². The van der Waals surface area contributed by atoms with Gasteiger partial charge in [0.25, 0.3) is 0 Å². The number of anilines is 8. The summed E-state index contributed by atoms with van der Waals surface area (Å²) in [4.78, 5) is 46.5. The Hall–Kier alpha value is -5.46. The fourth-order valence-corrected chi connectivity index (χ4v) is 13.7. The number of aromatic nitrogens is 6. The first-order chi connectivity index (χ1) is 41.5. The smallest absolute Gasteiger partial charge is 0.244 e. The van der Waals surface area contributed by atoms with Crippen molar-refractivity contribution in [2.45, 2.75) is 113 Å². The maximum Gasteiger partial charge on any atom is 0.244 e. The highest BCUT2D eigenvalue weighted by molar-refractivity contribution is 7.71. The molecule has 9 rings (SSSR count). The molecule has 3 aliphatic carbocycles. The number of amides is 1. The average molecular weight is 1360 g/mol. The summed E-state index contributed by atoms with van der Waals surface area (Å²) in [5.74, 6) is 2.15. The number of hydrogen-bond donors (Lipinski definition) is 9. The van der Waals surface area contributed by atoms with E-state index in [0.29, 0.717) is 67.9 Å². The molecule has 6 atom stereocenters. The number of rotatable bonds is 16. The van der Waals surface area contributed by atoms with Crippen molar-refractivity contribution >= 4 is 153 Å². The second-order valence-electron chi connectivity index (χ2n) is 22.5. The predicted octanol–water partition coefficient (Wildman–Crippen LogP) is 12.9. The molecule has 1 amide bonds. The third-order valence-electron chi connectivity index (χ3n) is 13.9. The normalized spacial score (nSPS) is 19.0. The van der Waals surface area contributed by atoms with E-state index >= 15 is 0 Å². The van der Waals surface area contributed by atoms with Crippen molar-refractivity contribution in [2.75, 3.05) is 66.6 Å². The van der Waals surface area contributed by atoms with Gasteiger partial charge in [0.15, 0.2) is 17.5 Å². The van der Waals surface area contributed by atoms with Crippen molar-refractivity contribution in [2.24, 2.45) is 17.2 Å². The van der Waals surface area contributed by atoms with E-state index in [1.165, 1.54) is 31.5 Å². The molecule has 0 radical (unpaired) electrons. The minimum Gasteiger partial charge on any atom is -0.351 e. The zero-order valence-electron chi connectivity index (χ0n) is 50.4. The summed E-state index contributed by atoms with van der Waals surface area (Å²) in [6, 6.07) is 23.8. The lowest BCUT2D eigenvalue weighted by Crippen LogP contribution is -2.41. The molecule has 0 spiro atoms. The lowest BCUT2D eigenvalue weighted by Gasteiger charge is -2.30. The number of halogens is 5. The molecule has 6 unspecified atom stereocenters. The Labute approximate surface area is 542 Å². The molecular formula is C60H81Cl5N15O5P3. The number of benzene rings is 3. The molecule has 3 aromatic carbocycles. The van der Waals surface area contributed by atoms with Crippen LogP contribution >= 0.6 is 79.4 Å². The van der Waals surface area contributed by atoms with Gasteiger partial charge in [0.2, 0.25) is 28.3 Å². The highest BCUT2D eigenvalue weighted by Gasteiger charge is 2.26. The number of nitrogens with one attached hydrogen (secondary N) is 6. The van der Waals surface area contributed by atoms with E-state index < -0.39 is 26.7 Å². The predicted molar refractivity (Wildman–Crippen MR) is 370 cm³/mol. The summed E-state index contributed by atoms with van der Waals surface area (Å²) < 4.78 is 37.4. The molecule has 3 saturated carbocycles. The van der Waals surface area contributed by atoms with E-state index in [4.69, 9.17) is 75.2 Å². The quantitative estimate of drug-likeness (QED) is 0.0188. The van der Waals surface area contributed by atoms with Gasteiger partial charge in [0.05, 0.1) is 35.7 Å². The third-order valence-corrected chi connectivity index (χ3v) is 19.7. The SMILES string of the molecule is C=CC(=O)Cl.C=CC(=O)NC1CCCC(Nc2ncc(Cl)c(Nc3ccccc3P(C)(C)=O)n2)C1.CP(C)(=O)c1ccccc1Nc1nc(Cl)ncc1Cl.CP(C)(=O)c1ccccc1Nc1nc(NC2CCCC(N)C2)ncc1Cl.NC1CCCC(N)C1. The van der Waals surface area contributed by atoms with Gasteiger partial charge in [-0.3, -0.25) is 9.59 Å². The molecular weight excluding hydrogens is 1280 g/mol. The molecule has 3 aromatic heterocycles. The molecule has 28 heteroatoms. The Bertz CT molecular complexity index is 3460. The lowest BCUT2D eigenvalue weighted by atomic mass is 9.91. The van der Waals surface area contributed by atoms with E-state index in [1.54, 1.807) is 52.4 Å². The summed E-state index contributed by atoms with van der Waals surface area (Å²) >= 11 is 29.0. The van der Waals surface area contributed by atoms with Crippen LogP contribution in [0.3, 0.4) is 0 Å². The van der Waals surface area contributed by atoms with E-state index in [0.717, 1.165) is 85.5 Å². The zero-order valence-corrected chi connectivity index (χ0v) is 56.8. The molecule has 3 fully saturated rings. The van der Waals surface area contributed by atoms with E-state index in [9.17, 15) is 23.3 Å². The Balaban J connectivity index is 0.000000221. The van der Waals surface area contributed by atoms with E-state index in [-0.39, 0.29) is 35.4 Å². The summed E-state index contributed by atoms with van der Waals surface area (Å²) in [5, 5.41) is 22.1. The molecule has 0 bridgehead atoms. The first-order valence-electron chi connectivity index (χ1n) is 28.5. The topological polar surface area (TPSA) is 313 Å². The number of carbonyl (C=O) groups excluding carboxylic acids is 2. The van der Waals surface area contributed by atoms with Crippen molar-refractivity contribution in [1.82, 2.24) is 35.2 Å². The Kier molecular flexibility index (Phi) is 29.3. The van der Waals surface area contributed by atoms with Crippen molar-refractivity contribution in [1.29, 1.82) is 0 Å². The molecule has 0 saturated heterocycles. The maximum absolute atomic E-state index is 12.6. The van der Waals surface area contributed by atoms with Gasteiger partial charge in [0, 0.05) is 52.2 Å². The summed E-state index contributed by atoms with van der Waals surface area (Å²) in [6.45, 7) is 16.9. The minimum atomic E-state index is -2.48. The first-order valence-corrected chi connectivity index (χ1v) is 38.2. The summed E-state index contributed by atoms with van der Waals surface area (Å²) in [5.41, 5.74) is 19.5. The largest absolute Gasteiger partial charge is 0.351 e. The van der Waals surface area contributed by atoms with Crippen molar-refractivity contribution in [3.63, 3.8) is 0 Å². The minimum absolute atomic E-state index is 0.0977. The number of para-hydroxylation sites is 3. The maximum atomic E-state index is 12.6. The fourth-order valence-electron chi connectivity index (χ4n) is 9.71. The summed E-state index contributed by atoms with van der Waals surface area (Å²) in [7, 11) is -7.31. The number of nitrogens with zero attached hydrogens (tertiary/aromatic N) is 6. The van der Waals surface area contributed by atoms with E-state index in [1.807, 2.05) is 72.8 Å². The van der Waals surface area contributed by atoms with Crippen LogP contribution in [0.1, 0.15) is 77.0 Å². The lowest BCUT2D eigenvalue weighted by molar-refractivity contribution is -0.117. The van der Waals surface area contributed by atoms with Crippen LogP contribution in [0, 0.1) is 0 Å². The molecule has 12 N–H and O–H groups in total.